The van der Waals surface area contributed by atoms with Crippen LogP contribution in [0.2, 0.25) is 0 Å². The summed E-state index contributed by atoms with van der Waals surface area (Å²) in [4.78, 5) is 0. The number of unbranched alkanes of at least 4 members (excludes halogenated alkanes) is 8. The third-order valence-electron chi connectivity index (χ3n) is 3.58. The van der Waals surface area contributed by atoms with Gasteiger partial charge >= 0.3 is 0 Å². The van der Waals surface area contributed by atoms with Crippen LogP contribution in [-0.2, 0) is 9.47 Å². The van der Waals surface area contributed by atoms with Gasteiger partial charge in [-0.2, -0.15) is 5.26 Å². The second-order valence-corrected chi connectivity index (χ2v) is 5.70. The van der Waals surface area contributed by atoms with Gasteiger partial charge < -0.3 is 9.47 Å². The molecule has 0 saturated carbocycles. The number of ether oxygens (including phenoxy) is 2. The van der Waals surface area contributed by atoms with Crippen LogP contribution in [0.3, 0.4) is 0 Å². The van der Waals surface area contributed by atoms with Gasteiger partial charge in [0.05, 0.1) is 6.07 Å². The van der Waals surface area contributed by atoms with Crippen molar-refractivity contribution in [3.63, 3.8) is 0 Å². The van der Waals surface area contributed by atoms with Crippen LogP contribution >= 0.6 is 0 Å². The molecule has 0 N–H and O–H groups in total. The van der Waals surface area contributed by atoms with Crippen molar-refractivity contribution in [3.8, 4) is 6.07 Å². The lowest BCUT2D eigenvalue weighted by molar-refractivity contribution is -0.148. The summed E-state index contributed by atoms with van der Waals surface area (Å²) in [6.45, 7) is 6.05. The molecule has 21 heavy (non-hydrogen) atoms. The molecule has 0 heterocycles. The number of hydrogen-bond acceptors (Lipinski definition) is 3. The molecule has 0 radical (unpaired) electrons. The quantitative estimate of drug-likeness (QED) is 0.275. The van der Waals surface area contributed by atoms with E-state index in [4.69, 9.17) is 14.7 Å². The Balaban J connectivity index is 3.72. The molecule has 0 saturated heterocycles. The SMILES string of the molecule is CCCCCCOC(CCCCC#N)OCCCCCC. The zero-order valence-corrected chi connectivity index (χ0v) is 14.2. The Labute approximate surface area is 132 Å². The summed E-state index contributed by atoms with van der Waals surface area (Å²) >= 11 is 0. The zero-order chi connectivity index (χ0) is 15.6. The highest BCUT2D eigenvalue weighted by Crippen LogP contribution is 2.11. The zero-order valence-electron chi connectivity index (χ0n) is 14.2. The summed E-state index contributed by atoms with van der Waals surface area (Å²) in [7, 11) is 0. The normalized spacial score (nSPS) is 11.0. The lowest BCUT2D eigenvalue weighted by Gasteiger charge is -2.18. The molecule has 0 atom stereocenters. The third kappa shape index (κ3) is 15.6. The largest absolute Gasteiger partial charge is 0.353 e. The van der Waals surface area contributed by atoms with Crippen molar-refractivity contribution in [2.45, 2.75) is 97.2 Å². The molecule has 3 heteroatoms. The van der Waals surface area contributed by atoms with E-state index in [1.165, 1.54) is 38.5 Å². The Morgan fingerprint density at radius 3 is 1.81 bits per heavy atom. The first-order chi connectivity index (χ1) is 10.3. The highest BCUT2D eigenvalue weighted by Gasteiger charge is 2.09. The van der Waals surface area contributed by atoms with Crippen molar-refractivity contribution >= 4 is 0 Å². The Kier molecular flexibility index (Phi) is 17.0. The molecule has 3 nitrogen and oxygen atoms in total. The molecule has 0 fully saturated rings. The first-order valence-electron chi connectivity index (χ1n) is 8.95. The first-order valence-corrected chi connectivity index (χ1v) is 8.95. The van der Waals surface area contributed by atoms with Crippen LogP contribution in [0.25, 0.3) is 0 Å². The van der Waals surface area contributed by atoms with Crippen molar-refractivity contribution in [3.05, 3.63) is 0 Å². The molecular formula is C18H35NO2. The van der Waals surface area contributed by atoms with Crippen molar-refractivity contribution in [2.24, 2.45) is 0 Å². The van der Waals surface area contributed by atoms with Gasteiger partial charge in [0, 0.05) is 19.6 Å². The van der Waals surface area contributed by atoms with Gasteiger partial charge in [-0.3, -0.25) is 0 Å². The molecule has 124 valence electrons. The van der Waals surface area contributed by atoms with Crippen LogP contribution in [0.4, 0.5) is 0 Å². The van der Waals surface area contributed by atoms with Gasteiger partial charge in [-0.05, 0) is 32.1 Å². The van der Waals surface area contributed by atoms with E-state index in [1.54, 1.807) is 0 Å². The van der Waals surface area contributed by atoms with Gasteiger partial charge in [-0.1, -0.05) is 52.4 Å². The average Bonchev–Trinajstić information content (AvgIpc) is 2.50. The fourth-order valence-electron chi connectivity index (χ4n) is 2.22. The van der Waals surface area contributed by atoms with E-state index in [2.05, 4.69) is 19.9 Å². The summed E-state index contributed by atoms with van der Waals surface area (Å²) in [5.74, 6) is 0. The van der Waals surface area contributed by atoms with Crippen LogP contribution in [0.1, 0.15) is 90.9 Å². The number of nitrogens with zero attached hydrogens (tertiary/aromatic N) is 1. The molecule has 0 aliphatic carbocycles. The van der Waals surface area contributed by atoms with E-state index in [-0.39, 0.29) is 6.29 Å². The van der Waals surface area contributed by atoms with E-state index < -0.39 is 0 Å². The molecule has 0 rings (SSSR count). The number of nitriles is 1. The monoisotopic (exact) mass is 297 g/mol. The Hall–Kier alpha value is -0.590. The maximum absolute atomic E-state index is 8.57. The van der Waals surface area contributed by atoms with Crippen molar-refractivity contribution in [2.75, 3.05) is 13.2 Å². The fraction of sp³-hybridized carbons (Fsp3) is 0.944. The molecular weight excluding hydrogens is 262 g/mol. The molecule has 0 bridgehead atoms. The number of hydrogen-bond donors (Lipinski definition) is 0. The minimum absolute atomic E-state index is 0.0630. The van der Waals surface area contributed by atoms with Crippen LogP contribution in [0.15, 0.2) is 0 Å². The number of rotatable bonds is 16. The molecule has 0 aromatic rings. The van der Waals surface area contributed by atoms with Gasteiger partial charge in [0.25, 0.3) is 0 Å². The van der Waals surface area contributed by atoms with E-state index >= 15 is 0 Å². The molecule has 0 aromatic heterocycles. The summed E-state index contributed by atoms with van der Waals surface area (Å²) in [6, 6.07) is 2.19. The lowest BCUT2D eigenvalue weighted by Crippen LogP contribution is -2.19. The summed E-state index contributed by atoms with van der Waals surface area (Å²) < 4.78 is 11.7. The van der Waals surface area contributed by atoms with E-state index in [9.17, 15) is 0 Å². The van der Waals surface area contributed by atoms with Crippen LogP contribution in [-0.4, -0.2) is 19.5 Å². The standard InChI is InChI=1S/C18H35NO2/c1-3-5-7-12-16-20-18(14-10-9-11-15-19)21-17-13-8-6-4-2/h18H,3-14,16-17H2,1-2H3. The third-order valence-corrected chi connectivity index (χ3v) is 3.58. The molecule has 0 aromatic carbocycles. The Bertz CT molecular complexity index is 224. The van der Waals surface area contributed by atoms with Crippen molar-refractivity contribution in [1.82, 2.24) is 0 Å². The molecule has 0 amide bonds. The smallest absolute Gasteiger partial charge is 0.157 e. The van der Waals surface area contributed by atoms with E-state index in [0.29, 0.717) is 6.42 Å². The van der Waals surface area contributed by atoms with E-state index in [0.717, 1.165) is 45.3 Å². The van der Waals surface area contributed by atoms with Gasteiger partial charge in [0.1, 0.15) is 0 Å². The van der Waals surface area contributed by atoms with E-state index in [1.807, 2.05) is 0 Å². The second kappa shape index (κ2) is 17.5. The van der Waals surface area contributed by atoms with Gasteiger partial charge in [0.15, 0.2) is 6.29 Å². The Morgan fingerprint density at radius 1 is 0.762 bits per heavy atom. The molecule has 0 aliphatic rings. The molecule has 0 unspecified atom stereocenters. The predicted molar refractivity (Wildman–Crippen MR) is 88.1 cm³/mol. The Morgan fingerprint density at radius 2 is 1.33 bits per heavy atom. The average molecular weight is 297 g/mol. The highest BCUT2D eigenvalue weighted by atomic mass is 16.7. The van der Waals surface area contributed by atoms with Gasteiger partial charge in [-0.15, -0.1) is 0 Å². The van der Waals surface area contributed by atoms with Crippen LogP contribution in [0, 0.1) is 11.3 Å². The highest BCUT2D eigenvalue weighted by molar-refractivity contribution is 4.68. The first kappa shape index (κ1) is 20.4. The van der Waals surface area contributed by atoms with Crippen LogP contribution in [0.5, 0.6) is 0 Å². The summed E-state index contributed by atoms with van der Waals surface area (Å²) in [5.41, 5.74) is 0. The minimum atomic E-state index is -0.0630. The van der Waals surface area contributed by atoms with Crippen molar-refractivity contribution in [1.29, 1.82) is 5.26 Å². The van der Waals surface area contributed by atoms with Crippen LogP contribution < -0.4 is 0 Å². The lowest BCUT2D eigenvalue weighted by atomic mass is 10.2. The van der Waals surface area contributed by atoms with Gasteiger partial charge in [0.2, 0.25) is 0 Å². The maximum atomic E-state index is 8.57. The minimum Gasteiger partial charge on any atom is -0.353 e. The van der Waals surface area contributed by atoms with Gasteiger partial charge in [-0.25, -0.2) is 0 Å². The maximum Gasteiger partial charge on any atom is 0.157 e. The summed E-state index contributed by atoms with van der Waals surface area (Å²) in [6.07, 6.45) is 13.3. The molecule has 0 spiro atoms. The molecule has 0 aliphatic heterocycles. The predicted octanol–water partition coefficient (Wildman–Crippen LogP) is 5.59. The fourth-order valence-corrected chi connectivity index (χ4v) is 2.22. The summed E-state index contributed by atoms with van der Waals surface area (Å²) in [5, 5.41) is 8.57. The van der Waals surface area contributed by atoms with Crippen molar-refractivity contribution < 1.29 is 9.47 Å². The second-order valence-electron chi connectivity index (χ2n) is 5.70. The topological polar surface area (TPSA) is 42.2 Å².